The summed E-state index contributed by atoms with van der Waals surface area (Å²) in [7, 11) is 0. The van der Waals surface area contributed by atoms with E-state index in [1.807, 2.05) is 6.92 Å². The number of hydrogen-bond donors (Lipinski definition) is 1. The van der Waals surface area contributed by atoms with E-state index in [0.29, 0.717) is 5.69 Å². The first kappa shape index (κ1) is 16.4. The van der Waals surface area contributed by atoms with Gasteiger partial charge in [-0.25, -0.2) is 9.07 Å². The molecule has 0 saturated heterocycles. The second-order valence-electron chi connectivity index (χ2n) is 4.77. The van der Waals surface area contributed by atoms with Crippen molar-refractivity contribution < 1.29 is 9.18 Å². The number of benzene rings is 1. The minimum Gasteiger partial charge on any atom is -0.323 e. The zero-order chi connectivity index (χ0) is 15.9. The quantitative estimate of drug-likeness (QED) is 0.793. The van der Waals surface area contributed by atoms with Crippen LogP contribution in [0, 0.1) is 5.82 Å². The number of halogens is 1. The van der Waals surface area contributed by atoms with Gasteiger partial charge in [0.15, 0.2) is 0 Å². The van der Waals surface area contributed by atoms with E-state index in [1.165, 1.54) is 23.1 Å². The van der Waals surface area contributed by atoms with Gasteiger partial charge in [-0.2, -0.15) is 0 Å². The van der Waals surface area contributed by atoms with Gasteiger partial charge in [0, 0.05) is 0 Å². The van der Waals surface area contributed by atoms with Crippen molar-refractivity contribution in [3.05, 3.63) is 30.3 Å². The molecular formula is C14H18FN5OS. The molecule has 0 aliphatic rings. The van der Waals surface area contributed by atoms with Gasteiger partial charge in [0.25, 0.3) is 0 Å². The number of anilines is 1. The summed E-state index contributed by atoms with van der Waals surface area (Å²) in [5.74, 6) is 0.211. The number of tetrazole rings is 1. The number of hydrogen-bond acceptors (Lipinski definition) is 5. The van der Waals surface area contributed by atoms with Crippen LogP contribution in [0.4, 0.5) is 10.1 Å². The molecule has 0 spiro atoms. The van der Waals surface area contributed by atoms with Crippen LogP contribution in [-0.2, 0) is 4.79 Å². The number of amides is 1. The lowest BCUT2D eigenvalue weighted by Gasteiger charge is -2.13. The van der Waals surface area contributed by atoms with Crippen LogP contribution in [0.1, 0.15) is 26.7 Å². The van der Waals surface area contributed by atoms with Gasteiger partial charge >= 0.3 is 0 Å². The maximum atomic E-state index is 13.9. The summed E-state index contributed by atoms with van der Waals surface area (Å²) in [5.41, 5.74) is 0.703. The van der Waals surface area contributed by atoms with Crippen LogP contribution < -0.4 is 5.32 Å². The lowest BCUT2D eigenvalue weighted by Crippen LogP contribution is -2.23. The summed E-state index contributed by atoms with van der Waals surface area (Å²) in [5, 5.41) is 13.2. The van der Waals surface area contributed by atoms with Crippen molar-refractivity contribution in [1.29, 1.82) is 0 Å². The zero-order valence-electron chi connectivity index (χ0n) is 12.5. The minimum atomic E-state index is -0.490. The van der Waals surface area contributed by atoms with Crippen LogP contribution in [0.15, 0.2) is 24.5 Å². The van der Waals surface area contributed by atoms with E-state index >= 15 is 0 Å². The van der Waals surface area contributed by atoms with Crippen LogP contribution in [-0.4, -0.2) is 37.1 Å². The lowest BCUT2D eigenvalue weighted by molar-refractivity contribution is -0.115. The van der Waals surface area contributed by atoms with Gasteiger partial charge in [-0.3, -0.25) is 4.79 Å². The molecule has 0 fully saturated rings. The average molecular weight is 323 g/mol. The van der Waals surface area contributed by atoms with Crippen LogP contribution in [0.2, 0.25) is 0 Å². The number of nitrogens with zero attached hydrogens (tertiary/aromatic N) is 4. The highest BCUT2D eigenvalue weighted by molar-refractivity contribution is 8.00. The van der Waals surface area contributed by atoms with Crippen molar-refractivity contribution in [2.75, 3.05) is 11.1 Å². The Hall–Kier alpha value is -1.96. The van der Waals surface area contributed by atoms with Crippen LogP contribution >= 0.6 is 11.8 Å². The van der Waals surface area contributed by atoms with E-state index in [2.05, 4.69) is 27.8 Å². The molecule has 0 radical (unpaired) electrons. The van der Waals surface area contributed by atoms with Gasteiger partial charge in [0.2, 0.25) is 5.91 Å². The van der Waals surface area contributed by atoms with E-state index in [4.69, 9.17) is 0 Å². The highest BCUT2D eigenvalue weighted by Gasteiger charge is 2.15. The highest BCUT2D eigenvalue weighted by atomic mass is 32.2. The van der Waals surface area contributed by atoms with Gasteiger partial charge < -0.3 is 5.32 Å². The van der Waals surface area contributed by atoms with E-state index in [-0.39, 0.29) is 16.8 Å². The molecule has 118 valence electrons. The molecule has 1 aromatic heterocycles. The molecule has 8 heteroatoms. The predicted molar refractivity (Wildman–Crippen MR) is 84.6 cm³/mol. The Morgan fingerprint density at radius 1 is 1.50 bits per heavy atom. The Balaban J connectivity index is 2.05. The smallest absolute Gasteiger partial charge is 0.237 e. The first-order chi connectivity index (χ1) is 10.6. The number of rotatable bonds is 7. The first-order valence-corrected chi connectivity index (χ1v) is 8.12. The Kier molecular flexibility index (Phi) is 5.88. The van der Waals surface area contributed by atoms with Crippen LogP contribution in [0.3, 0.4) is 0 Å². The van der Waals surface area contributed by atoms with Gasteiger partial charge in [-0.05, 0) is 47.7 Å². The van der Waals surface area contributed by atoms with Crippen molar-refractivity contribution in [3.63, 3.8) is 0 Å². The number of nitrogens with one attached hydrogen (secondary N) is 1. The third-order valence-electron chi connectivity index (χ3n) is 3.06. The molecule has 22 heavy (non-hydrogen) atoms. The molecule has 1 aromatic carbocycles. The Morgan fingerprint density at radius 2 is 2.32 bits per heavy atom. The molecule has 2 rings (SSSR count). The highest BCUT2D eigenvalue weighted by Crippen LogP contribution is 2.20. The fourth-order valence-electron chi connectivity index (χ4n) is 1.75. The molecule has 1 amide bonds. The number of carbonyl (C=O) groups excluding carboxylic acids is 1. The van der Waals surface area contributed by atoms with Gasteiger partial charge in [0.1, 0.15) is 12.1 Å². The number of unbranched alkanes of at least 4 members (excludes halogenated alkanes) is 1. The SMILES string of the molecule is CCCCSC(C)C(=O)Nc1cc(-n2cnnn2)ccc1F. The summed E-state index contributed by atoms with van der Waals surface area (Å²) in [4.78, 5) is 12.1. The molecule has 6 nitrogen and oxygen atoms in total. The van der Waals surface area contributed by atoms with E-state index < -0.39 is 5.82 Å². The van der Waals surface area contributed by atoms with Crippen molar-refractivity contribution in [1.82, 2.24) is 20.2 Å². The van der Waals surface area contributed by atoms with Crippen LogP contribution in [0.25, 0.3) is 5.69 Å². The molecule has 2 aromatic rings. The zero-order valence-corrected chi connectivity index (χ0v) is 13.3. The standard InChI is InChI=1S/C14H18FN5OS/c1-3-4-7-22-10(2)14(21)17-13-8-11(5-6-12(13)15)20-9-16-18-19-20/h5-6,8-10H,3-4,7H2,1-2H3,(H,17,21). The number of aromatic nitrogens is 4. The van der Waals surface area contributed by atoms with Gasteiger partial charge in [0.05, 0.1) is 16.6 Å². The molecule has 0 aliphatic heterocycles. The second kappa shape index (κ2) is 7.88. The van der Waals surface area contributed by atoms with Crippen molar-refractivity contribution in [2.24, 2.45) is 0 Å². The normalized spacial score (nSPS) is 12.1. The lowest BCUT2D eigenvalue weighted by atomic mass is 10.2. The third-order valence-corrected chi connectivity index (χ3v) is 4.29. The Morgan fingerprint density at radius 3 is 3.00 bits per heavy atom. The molecule has 1 heterocycles. The maximum Gasteiger partial charge on any atom is 0.237 e. The molecular weight excluding hydrogens is 305 g/mol. The second-order valence-corrected chi connectivity index (χ2v) is 6.22. The fraction of sp³-hybridized carbons (Fsp3) is 0.429. The topological polar surface area (TPSA) is 72.7 Å². The maximum absolute atomic E-state index is 13.9. The van der Waals surface area contributed by atoms with Crippen molar-refractivity contribution in [3.8, 4) is 5.69 Å². The summed E-state index contributed by atoms with van der Waals surface area (Å²) < 4.78 is 15.3. The number of thioether (sulfide) groups is 1. The fourth-order valence-corrected chi connectivity index (χ4v) is 2.76. The summed E-state index contributed by atoms with van der Waals surface area (Å²) in [6.45, 7) is 3.92. The summed E-state index contributed by atoms with van der Waals surface area (Å²) >= 11 is 1.56. The average Bonchev–Trinajstić information content (AvgIpc) is 3.04. The van der Waals surface area contributed by atoms with Crippen molar-refractivity contribution in [2.45, 2.75) is 31.9 Å². The van der Waals surface area contributed by atoms with E-state index in [1.54, 1.807) is 17.8 Å². The molecule has 0 bridgehead atoms. The van der Waals surface area contributed by atoms with E-state index in [9.17, 15) is 9.18 Å². The number of carbonyl (C=O) groups is 1. The van der Waals surface area contributed by atoms with Crippen LogP contribution in [0.5, 0.6) is 0 Å². The monoisotopic (exact) mass is 323 g/mol. The predicted octanol–water partition coefficient (Wildman–Crippen LogP) is 2.66. The summed E-state index contributed by atoms with van der Waals surface area (Å²) in [6.07, 6.45) is 3.55. The molecule has 0 saturated carbocycles. The first-order valence-electron chi connectivity index (χ1n) is 7.07. The summed E-state index contributed by atoms with van der Waals surface area (Å²) in [6, 6.07) is 4.33. The molecule has 0 aliphatic carbocycles. The molecule has 1 N–H and O–H groups in total. The van der Waals surface area contributed by atoms with E-state index in [0.717, 1.165) is 18.6 Å². The Labute approximate surface area is 132 Å². The van der Waals surface area contributed by atoms with Crippen molar-refractivity contribution >= 4 is 23.4 Å². The largest absolute Gasteiger partial charge is 0.323 e. The molecule has 1 unspecified atom stereocenters. The third kappa shape index (κ3) is 4.27. The van der Waals surface area contributed by atoms with Gasteiger partial charge in [-0.1, -0.05) is 13.3 Å². The minimum absolute atomic E-state index is 0.126. The molecule has 1 atom stereocenters. The van der Waals surface area contributed by atoms with Gasteiger partial charge in [-0.15, -0.1) is 16.9 Å². The Bertz CT molecular complexity index is 620.